The number of rotatable bonds is 58. The zero-order valence-electron chi connectivity index (χ0n) is 51.7. The van der Waals surface area contributed by atoms with Crippen molar-refractivity contribution in [1.82, 2.24) is 0 Å². The second-order valence-electron chi connectivity index (χ2n) is 20.8. The molecular weight excluding hydrogens is 1050 g/mol. The topological polar surface area (TPSA) is 155 Å². The Hall–Kier alpha value is -4.38. The molecule has 0 aromatic rings. The fourth-order valence-corrected chi connectivity index (χ4v) is 9.02. The number of hydrogen-bond donors (Lipinski definition) is 2. The SMILES string of the molecule is CC/C=C\C/C=C\C/C=C\C/C=C\C/C=C\CCCCCC(=O)OCC(COP(=O)(O)OCC(CO)OC(=O)CCC/C=C\C/C=C\C/C=C\C/C=C\C/C=C\CC)OC(=O)CCCCCCCCCCC/C=C\CCCCCCCC. The molecule has 0 saturated carbocycles. The second-order valence-corrected chi connectivity index (χ2v) is 22.3. The zero-order chi connectivity index (χ0) is 59.8. The summed E-state index contributed by atoms with van der Waals surface area (Å²) in [6, 6.07) is 0. The van der Waals surface area contributed by atoms with E-state index in [4.69, 9.17) is 23.3 Å². The molecule has 0 fully saturated rings. The summed E-state index contributed by atoms with van der Waals surface area (Å²) in [6.07, 6.45) is 79.8. The molecule has 3 atom stereocenters. The van der Waals surface area contributed by atoms with Gasteiger partial charge in [0.15, 0.2) is 6.10 Å². The van der Waals surface area contributed by atoms with Crippen LogP contribution < -0.4 is 0 Å². The van der Waals surface area contributed by atoms with E-state index in [9.17, 15) is 28.9 Å². The van der Waals surface area contributed by atoms with Crippen LogP contribution in [-0.2, 0) is 42.2 Å². The number of phosphoric acid groups is 1. The Bertz CT molecular complexity index is 1890. The van der Waals surface area contributed by atoms with Gasteiger partial charge in [-0.3, -0.25) is 23.4 Å². The third-order valence-corrected chi connectivity index (χ3v) is 14.0. The molecule has 12 heteroatoms. The molecule has 82 heavy (non-hydrogen) atoms. The van der Waals surface area contributed by atoms with Crippen molar-refractivity contribution in [1.29, 1.82) is 0 Å². The summed E-state index contributed by atoms with van der Waals surface area (Å²) in [6.45, 7) is 4.32. The summed E-state index contributed by atoms with van der Waals surface area (Å²) >= 11 is 0. The maximum absolute atomic E-state index is 13.0. The number of phosphoric ester groups is 1. The van der Waals surface area contributed by atoms with Gasteiger partial charge in [-0.2, -0.15) is 0 Å². The van der Waals surface area contributed by atoms with Crippen molar-refractivity contribution in [3.05, 3.63) is 134 Å². The lowest BCUT2D eigenvalue weighted by molar-refractivity contribution is -0.161. The number of aliphatic hydroxyl groups excluding tert-OH is 1. The Morgan fingerprint density at radius 2 is 0.646 bits per heavy atom. The third-order valence-electron chi connectivity index (χ3n) is 13.0. The average molecular weight is 1160 g/mol. The summed E-state index contributed by atoms with van der Waals surface area (Å²) in [5.41, 5.74) is 0. The van der Waals surface area contributed by atoms with Crippen LogP contribution in [0.15, 0.2) is 134 Å². The Morgan fingerprint density at radius 1 is 0.354 bits per heavy atom. The van der Waals surface area contributed by atoms with Gasteiger partial charge in [-0.25, -0.2) is 4.57 Å². The molecule has 0 aromatic carbocycles. The van der Waals surface area contributed by atoms with Crippen LogP contribution in [-0.4, -0.2) is 66.5 Å². The lowest BCUT2D eigenvalue weighted by atomic mass is 10.1. The van der Waals surface area contributed by atoms with Crippen molar-refractivity contribution in [2.24, 2.45) is 0 Å². The monoisotopic (exact) mass is 1160 g/mol. The van der Waals surface area contributed by atoms with Crippen molar-refractivity contribution in [2.45, 2.75) is 264 Å². The van der Waals surface area contributed by atoms with E-state index in [0.717, 1.165) is 103 Å². The highest BCUT2D eigenvalue weighted by Gasteiger charge is 2.28. The van der Waals surface area contributed by atoms with Crippen molar-refractivity contribution >= 4 is 25.7 Å². The van der Waals surface area contributed by atoms with Gasteiger partial charge in [-0.05, 0) is 128 Å². The number of esters is 3. The predicted molar refractivity (Wildman–Crippen MR) is 343 cm³/mol. The van der Waals surface area contributed by atoms with Gasteiger partial charge >= 0.3 is 25.7 Å². The molecule has 0 saturated heterocycles. The number of aliphatic hydroxyl groups is 1. The fourth-order valence-electron chi connectivity index (χ4n) is 8.24. The lowest BCUT2D eigenvalue weighted by Crippen LogP contribution is -2.30. The van der Waals surface area contributed by atoms with E-state index in [1.54, 1.807) is 0 Å². The summed E-state index contributed by atoms with van der Waals surface area (Å²) in [7, 11) is -4.79. The largest absolute Gasteiger partial charge is 0.472 e. The Morgan fingerprint density at radius 3 is 1.05 bits per heavy atom. The van der Waals surface area contributed by atoms with Gasteiger partial charge in [-0.15, -0.1) is 0 Å². The quantitative estimate of drug-likeness (QED) is 0.0197. The number of carbonyl (C=O) groups is 3. The van der Waals surface area contributed by atoms with Crippen LogP contribution in [0.1, 0.15) is 252 Å². The zero-order valence-corrected chi connectivity index (χ0v) is 52.6. The molecule has 0 aliphatic rings. The van der Waals surface area contributed by atoms with E-state index in [1.807, 2.05) is 12.2 Å². The minimum Gasteiger partial charge on any atom is -0.462 e. The van der Waals surface area contributed by atoms with Crippen LogP contribution in [0, 0.1) is 0 Å². The van der Waals surface area contributed by atoms with Gasteiger partial charge < -0.3 is 24.2 Å². The number of carbonyl (C=O) groups excluding carboxylic acids is 3. The van der Waals surface area contributed by atoms with Crippen molar-refractivity contribution < 1.29 is 52.2 Å². The summed E-state index contributed by atoms with van der Waals surface area (Å²) in [4.78, 5) is 48.8. The molecule has 0 radical (unpaired) electrons. The average Bonchev–Trinajstić information content (AvgIpc) is 3.47. The second kappa shape index (κ2) is 62.7. The number of unbranched alkanes of at least 4 members (excludes halogenated alkanes) is 19. The first kappa shape index (κ1) is 77.6. The van der Waals surface area contributed by atoms with Gasteiger partial charge in [0.25, 0.3) is 0 Å². The number of ether oxygens (including phenoxy) is 3. The molecule has 0 bridgehead atoms. The molecule has 466 valence electrons. The van der Waals surface area contributed by atoms with Gasteiger partial charge in [-0.1, -0.05) is 238 Å². The highest BCUT2D eigenvalue weighted by molar-refractivity contribution is 7.47. The highest BCUT2D eigenvalue weighted by atomic mass is 31.2. The smallest absolute Gasteiger partial charge is 0.462 e. The lowest BCUT2D eigenvalue weighted by Gasteiger charge is -2.21. The molecule has 2 N–H and O–H groups in total. The molecule has 0 spiro atoms. The minimum absolute atomic E-state index is 0.0901. The number of allylic oxidation sites excluding steroid dienone is 22. The van der Waals surface area contributed by atoms with Crippen molar-refractivity contribution in [3.8, 4) is 0 Å². The normalized spacial score (nSPS) is 14.2. The highest BCUT2D eigenvalue weighted by Crippen LogP contribution is 2.43. The molecule has 0 aliphatic carbocycles. The van der Waals surface area contributed by atoms with Crippen LogP contribution in [0.4, 0.5) is 0 Å². The van der Waals surface area contributed by atoms with Crippen molar-refractivity contribution in [2.75, 3.05) is 26.4 Å². The van der Waals surface area contributed by atoms with Crippen LogP contribution >= 0.6 is 7.82 Å². The van der Waals surface area contributed by atoms with E-state index in [2.05, 4.69) is 142 Å². The molecule has 3 unspecified atom stereocenters. The van der Waals surface area contributed by atoms with Gasteiger partial charge in [0, 0.05) is 19.3 Å². The minimum atomic E-state index is -4.79. The molecule has 0 rings (SSSR count). The molecule has 0 aliphatic heterocycles. The molecule has 0 aromatic heterocycles. The molecule has 0 heterocycles. The van der Waals surface area contributed by atoms with Crippen LogP contribution in [0.5, 0.6) is 0 Å². The van der Waals surface area contributed by atoms with Gasteiger partial charge in [0.05, 0.1) is 19.8 Å². The molecule has 11 nitrogen and oxygen atoms in total. The van der Waals surface area contributed by atoms with Gasteiger partial charge in [0.2, 0.25) is 0 Å². The van der Waals surface area contributed by atoms with Crippen molar-refractivity contribution in [3.63, 3.8) is 0 Å². The first-order chi connectivity index (χ1) is 40.2. The first-order valence-corrected chi connectivity index (χ1v) is 33.6. The summed E-state index contributed by atoms with van der Waals surface area (Å²) < 4.78 is 39.6. The third kappa shape index (κ3) is 60.2. The van der Waals surface area contributed by atoms with Crippen LogP contribution in [0.25, 0.3) is 0 Å². The number of hydrogen-bond acceptors (Lipinski definition) is 10. The van der Waals surface area contributed by atoms with E-state index < -0.39 is 57.8 Å². The Labute approximate surface area is 500 Å². The first-order valence-electron chi connectivity index (χ1n) is 32.1. The summed E-state index contributed by atoms with van der Waals surface area (Å²) in [5, 5.41) is 9.84. The standard InChI is InChI=1S/C70H115O11P/c1-4-7-10-13-16-19-22-25-28-31-33-36-38-41-44-47-50-53-56-59-68(72)77-63-67(81-70(74)61-58-55-52-49-46-43-40-37-34-32-29-26-23-20-17-14-11-8-5-2)65-79-82(75,76)78-64-66(62-71)80-69(73)60-57-54-51-48-45-42-39-35-30-27-24-21-18-15-12-9-6-3/h7,9-10,12,16,18-19,21,25-30,33,36,39,41-42,44,48,51,66-67,71H,4-6,8,11,13-15,17,20,22-24,31-32,34-35,37-38,40,43,45-47,49-50,52-65H2,1-3H3,(H,75,76)/b10-7-,12-9-,19-16-,21-18-,28-25-,29-26-,30-27-,36-33-,42-39-,44-41-,51-48-. The summed E-state index contributed by atoms with van der Waals surface area (Å²) in [5.74, 6) is -1.57. The van der Waals surface area contributed by atoms with E-state index in [-0.39, 0.29) is 25.9 Å². The maximum atomic E-state index is 13.0. The Balaban J connectivity index is 4.83. The predicted octanol–water partition coefficient (Wildman–Crippen LogP) is 19.7. The molecule has 0 amide bonds. The molecular formula is C70H115O11P. The Kier molecular flexibility index (Phi) is 59.3. The maximum Gasteiger partial charge on any atom is 0.472 e. The van der Waals surface area contributed by atoms with Crippen LogP contribution in [0.3, 0.4) is 0 Å². The van der Waals surface area contributed by atoms with Gasteiger partial charge in [0.1, 0.15) is 12.7 Å². The van der Waals surface area contributed by atoms with E-state index >= 15 is 0 Å². The van der Waals surface area contributed by atoms with E-state index in [0.29, 0.717) is 25.7 Å². The fraction of sp³-hybridized carbons (Fsp3) is 0.643. The van der Waals surface area contributed by atoms with E-state index in [1.165, 1.54) is 83.5 Å². The van der Waals surface area contributed by atoms with Crippen LogP contribution in [0.2, 0.25) is 0 Å².